The van der Waals surface area contributed by atoms with Crippen LogP contribution in [0.2, 0.25) is 0 Å². The van der Waals surface area contributed by atoms with Crippen LogP contribution in [0.3, 0.4) is 0 Å². The van der Waals surface area contributed by atoms with Crippen LogP contribution in [0.15, 0.2) is 42.7 Å². The van der Waals surface area contributed by atoms with Gasteiger partial charge in [0.1, 0.15) is 5.82 Å². The zero-order valence-electron chi connectivity index (χ0n) is 14.4. The van der Waals surface area contributed by atoms with Crippen molar-refractivity contribution in [3.05, 3.63) is 65.2 Å². The van der Waals surface area contributed by atoms with Crippen LogP contribution in [-0.2, 0) is 11.2 Å². The van der Waals surface area contributed by atoms with Crippen LogP contribution in [0.4, 0.5) is 13.2 Å². The van der Waals surface area contributed by atoms with Crippen molar-refractivity contribution in [2.45, 2.75) is 32.3 Å². The normalized spacial score (nSPS) is 12.2. The number of halogens is 3. The van der Waals surface area contributed by atoms with Crippen molar-refractivity contribution in [3.8, 4) is 0 Å². The van der Waals surface area contributed by atoms with Crippen LogP contribution < -0.4 is 0 Å². The molecule has 1 heterocycles. The summed E-state index contributed by atoms with van der Waals surface area (Å²) in [5, 5.41) is 10.3. The number of aliphatic hydroxyl groups is 1. The summed E-state index contributed by atoms with van der Waals surface area (Å²) in [4.78, 5) is 17.9. The first-order valence-corrected chi connectivity index (χ1v) is 8.34. The molecule has 1 N–H and O–H groups in total. The minimum Gasteiger partial charge on any atom is -0.386 e. The van der Waals surface area contributed by atoms with Gasteiger partial charge in [0.15, 0.2) is 0 Å². The molecule has 0 bridgehead atoms. The number of aliphatic hydroxyl groups excluding tert-OH is 1. The van der Waals surface area contributed by atoms with Gasteiger partial charge in [0, 0.05) is 24.5 Å². The molecule has 140 valence electrons. The molecule has 7 heteroatoms. The molecular formula is C19H21F3N2O2. The number of carbonyl (C=O) groups excluding carboxylic acids is 1. The Kier molecular flexibility index (Phi) is 7.15. The van der Waals surface area contributed by atoms with Crippen LogP contribution in [0, 0.1) is 5.82 Å². The smallest absolute Gasteiger partial charge is 0.266 e. The third-order valence-electron chi connectivity index (χ3n) is 3.96. The molecule has 0 spiro atoms. The molecule has 2 rings (SSSR count). The molecule has 0 radical (unpaired) electrons. The van der Waals surface area contributed by atoms with E-state index in [-0.39, 0.29) is 18.9 Å². The predicted octanol–water partition coefficient (Wildman–Crippen LogP) is 3.67. The molecule has 1 aromatic carbocycles. The number of alkyl halides is 2. The molecule has 0 fully saturated rings. The molecule has 0 saturated heterocycles. The molecule has 0 aliphatic carbocycles. The monoisotopic (exact) mass is 366 g/mol. The Morgan fingerprint density at radius 3 is 2.65 bits per heavy atom. The first-order valence-electron chi connectivity index (χ1n) is 8.34. The van der Waals surface area contributed by atoms with E-state index < -0.39 is 23.9 Å². The van der Waals surface area contributed by atoms with E-state index in [4.69, 9.17) is 0 Å². The average Bonchev–Trinajstić information content (AvgIpc) is 2.61. The van der Waals surface area contributed by atoms with Crippen molar-refractivity contribution >= 4 is 5.91 Å². The van der Waals surface area contributed by atoms with Gasteiger partial charge in [-0.2, -0.15) is 0 Å². The summed E-state index contributed by atoms with van der Waals surface area (Å²) >= 11 is 0. The summed E-state index contributed by atoms with van der Waals surface area (Å²) in [6.45, 7) is 2.40. The van der Waals surface area contributed by atoms with Gasteiger partial charge in [-0.1, -0.05) is 25.1 Å². The highest BCUT2D eigenvalue weighted by Gasteiger charge is 2.20. The van der Waals surface area contributed by atoms with E-state index in [9.17, 15) is 23.1 Å². The number of carbonyl (C=O) groups is 1. The molecule has 1 atom stereocenters. The summed E-state index contributed by atoms with van der Waals surface area (Å²) < 4.78 is 38.9. The minimum absolute atomic E-state index is 0.0793. The zero-order chi connectivity index (χ0) is 19.1. The third kappa shape index (κ3) is 5.29. The number of aromatic nitrogens is 1. The molecule has 0 aliphatic rings. The second-order valence-electron chi connectivity index (χ2n) is 5.98. The molecule has 0 saturated carbocycles. The fourth-order valence-electron chi connectivity index (χ4n) is 2.62. The molecule has 2 aromatic rings. The quantitative estimate of drug-likeness (QED) is 0.776. The number of hydrogen-bond donors (Lipinski definition) is 1. The van der Waals surface area contributed by atoms with E-state index in [1.54, 1.807) is 18.3 Å². The van der Waals surface area contributed by atoms with E-state index in [1.165, 1.54) is 17.2 Å². The second kappa shape index (κ2) is 9.33. The Bertz CT molecular complexity index is 726. The fraction of sp³-hybridized carbons (Fsp3) is 0.368. The lowest BCUT2D eigenvalue weighted by Crippen LogP contribution is -2.36. The zero-order valence-corrected chi connectivity index (χ0v) is 14.4. The van der Waals surface area contributed by atoms with Gasteiger partial charge in [-0.3, -0.25) is 9.78 Å². The lowest BCUT2D eigenvalue weighted by atomic mass is 10.1. The number of nitrogens with zero attached hydrogens (tertiary/aromatic N) is 2. The van der Waals surface area contributed by atoms with Crippen LogP contribution in [0.5, 0.6) is 0 Å². The average molecular weight is 366 g/mol. The van der Waals surface area contributed by atoms with Crippen molar-refractivity contribution < 1.29 is 23.1 Å². The van der Waals surface area contributed by atoms with Crippen molar-refractivity contribution in [2.24, 2.45) is 0 Å². The lowest BCUT2D eigenvalue weighted by molar-refractivity contribution is -0.132. The summed E-state index contributed by atoms with van der Waals surface area (Å²) in [7, 11) is 0. The first-order chi connectivity index (χ1) is 12.4. The minimum atomic E-state index is -2.90. The van der Waals surface area contributed by atoms with Gasteiger partial charge in [0.05, 0.1) is 24.6 Å². The Morgan fingerprint density at radius 2 is 2.08 bits per heavy atom. The maximum absolute atomic E-state index is 13.7. The van der Waals surface area contributed by atoms with Crippen molar-refractivity contribution in [2.75, 3.05) is 13.1 Å². The van der Waals surface area contributed by atoms with Gasteiger partial charge < -0.3 is 10.0 Å². The topological polar surface area (TPSA) is 53.4 Å². The Hall–Kier alpha value is -2.41. The number of pyridine rings is 1. The van der Waals surface area contributed by atoms with Crippen molar-refractivity contribution in [1.29, 1.82) is 0 Å². The predicted molar refractivity (Wildman–Crippen MR) is 91.1 cm³/mol. The number of benzene rings is 1. The van der Waals surface area contributed by atoms with Crippen molar-refractivity contribution in [1.82, 2.24) is 9.88 Å². The summed E-state index contributed by atoms with van der Waals surface area (Å²) in [6, 6.07) is 6.69. The second-order valence-corrected chi connectivity index (χ2v) is 5.98. The summed E-state index contributed by atoms with van der Waals surface area (Å²) in [5.74, 6) is -1.33. The maximum atomic E-state index is 13.7. The van der Waals surface area contributed by atoms with Gasteiger partial charge in [0.25, 0.3) is 6.43 Å². The molecule has 1 unspecified atom stereocenters. The van der Waals surface area contributed by atoms with E-state index >= 15 is 0 Å². The van der Waals surface area contributed by atoms with E-state index in [2.05, 4.69) is 4.98 Å². The summed E-state index contributed by atoms with van der Waals surface area (Å²) in [6.07, 6.45) is -0.117. The highest BCUT2D eigenvalue weighted by atomic mass is 19.3. The van der Waals surface area contributed by atoms with Crippen LogP contribution >= 0.6 is 0 Å². The molecule has 0 aliphatic heterocycles. The highest BCUT2D eigenvalue weighted by Crippen LogP contribution is 2.23. The Morgan fingerprint density at radius 1 is 1.31 bits per heavy atom. The van der Waals surface area contributed by atoms with E-state index in [0.717, 1.165) is 12.1 Å². The van der Waals surface area contributed by atoms with Crippen LogP contribution in [0.25, 0.3) is 0 Å². The van der Waals surface area contributed by atoms with Gasteiger partial charge in [-0.15, -0.1) is 0 Å². The molecule has 1 amide bonds. The third-order valence-corrected chi connectivity index (χ3v) is 3.96. The molecule has 4 nitrogen and oxygen atoms in total. The Labute approximate surface area is 150 Å². The lowest BCUT2D eigenvalue weighted by Gasteiger charge is -2.25. The number of hydrogen-bond acceptors (Lipinski definition) is 3. The van der Waals surface area contributed by atoms with Gasteiger partial charge in [0.2, 0.25) is 5.91 Å². The SMILES string of the molecule is CCCN(CC(O)c1cccnc1)C(=O)Cc1ccc(C(F)F)c(F)c1. The van der Waals surface area contributed by atoms with Gasteiger partial charge in [-0.05, 0) is 24.1 Å². The van der Waals surface area contributed by atoms with Crippen LogP contribution in [0.1, 0.15) is 42.6 Å². The number of amides is 1. The van der Waals surface area contributed by atoms with Crippen molar-refractivity contribution in [3.63, 3.8) is 0 Å². The molecule has 1 aromatic heterocycles. The number of rotatable bonds is 8. The van der Waals surface area contributed by atoms with E-state index in [0.29, 0.717) is 24.1 Å². The molecule has 26 heavy (non-hydrogen) atoms. The molecular weight excluding hydrogens is 345 g/mol. The standard InChI is InChI=1S/C19H21F3N2O2/c1-2-8-24(12-17(25)14-4-3-7-23-11-14)18(26)10-13-5-6-15(19(21)22)16(20)9-13/h3-7,9,11,17,19,25H,2,8,10,12H2,1H3. The highest BCUT2D eigenvalue weighted by molar-refractivity contribution is 5.78. The van der Waals surface area contributed by atoms with Crippen LogP contribution in [-0.4, -0.2) is 34.0 Å². The van der Waals surface area contributed by atoms with Gasteiger partial charge >= 0.3 is 0 Å². The van der Waals surface area contributed by atoms with E-state index in [1.807, 2.05) is 6.92 Å². The Balaban J connectivity index is 2.07. The summed E-state index contributed by atoms with van der Waals surface area (Å²) in [5.41, 5.74) is 0.223. The fourth-order valence-corrected chi connectivity index (χ4v) is 2.62. The maximum Gasteiger partial charge on any atom is 0.266 e. The largest absolute Gasteiger partial charge is 0.386 e. The van der Waals surface area contributed by atoms with Gasteiger partial charge in [-0.25, -0.2) is 13.2 Å². The first kappa shape index (κ1) is 19.9.